The van der Waals surface area contributed by atoms with Crippen molar-refractivity contribution in [3.63, 3.8) is 0 Å². The van der Waals surface area contributed by atoms with Crippen LogP contribution in [0, 0.1) is 0 Å². The Hall–Kier alpha value is -0.110. The number of rotatable bonds is 5. The predicted octanol–water partition coefficient (Wildman–Crippen LogP) is 4.71. The van der Waals surface area contributed by atoms with E-state index >= 15 is 0 Å². The van der Waals surface area contributed by atoms with Gasteiger partial charge < -0.3 is 15.6 Å². The summed E-state index contributed by atoms with van der Waals surface area (Å²) in [5.74, 6) is 0.357. The lowest BCUT2D eigenvalue weighted by molar-refractivity contribution is 0.146. The molecule has 0 saturated heterocycles. The van der Waals surface area contributed by atoms with Crippen LogP contribution in [0.25, 0.3) is 0 Å². The molecule has 114 valence electrons. The maximum Gasteiger partial charge on any atom is 0.122 e. The molecule has 2 unspecified atom stereocenters. The molecular weight excluding hydrogens is 441 g/mol. The van der Waals surface area contributed by atoms with Gasteiger partial charge in [-0.25, -0.2) is 0 Å². The van der Waals surface area contributed by atoms with Gasteiger partial charge in [0.2, 0.25) is 0 Å². The second-order valence-corrected chi connectivity index (χ2v) is 8.64. The highest BCUT2D eigenvalue weighted by atomic mass is 79.9. The summed E-state index contributed by atoms with van der Waals surface area (Å²) < 4.78 is 7.18. The van der Waals surface area contributed by atoms with Crippen molar-refractivity contribution < 1.29 is 9.84 Å². The number of hydrogen-bond donors (Lipinski definition) is 2. The van der Waals surface area contributed by atoms with Crippen LogP contribution < -0.4 is 10.5 Å². The minimum absolute atomic E-state index is 0.276. The Morgan fingerprint density at radius 3 is 2.57 bits per heavy atom. The molecule has 2 atom stereocenters. The zero-order chi connectivity index (χ0) is 15.6. The topological polar surface area (TPSA) is 55.5 Å². The molecule has 2 aromatic rings. The Morgan fingerprint density at radius 2 is 2.05 bits per heavy atom. The number of aliphatic hydroxyl groups is 1. The van der Waals surface area contributed by atoms with Crippen molar-refractivity contribution >= 4 is 54.8 Å². The van der Waals surface area contributed by atoms with Gasteiger partial charge in [-0.2, -0.15) is 0 Å². The molecule has 3 nitrogen and oxygen atoms in total. The fraction of sp³-hybridized carbons (Fsp3) is 0.286. The summed E-state index contributed by atoms with van der Waals surface area (Å²) in [6.07, 6.45) is -0.751. The SMILES string of the molecule is COc1ccc(Cl)cc1C(CN)C(O)c1cc(Br)sc1Br. The van der Waals surface area contributed by atoms with Gasteiger partial charge in [-0.1, -0.05) is 11.6 Å². The monoisotopic (exact) mass is 453 g/mol. The van der Waals surface area contributed by atoms with E-state index < -0.39 is 6.10 Å². The van der Waals surface area contributed by atoms with Crippen LogP contribution in [0.3, 0.4) is 0 Å². The van der Waals surface area contributed by atoms with E-state index in [9.17, 15) is 5.11 Å². The summed E-state index contributed by atoms with van der Waals surface area (Å²) in [6, 6.07) is 7.21. The zero-order valence-corrected chi connectivity index (χ0v) is 15.9. The quantitative estimate of drug-likeness (QED) is 0.687. The molecule has 1 heterocycles. The molecule has 1 aromatic heterocycles. The van der Waals surface area contributed by atoms with Gasteiger partial charge in [0.25, 0.3) is 0 Å². The van der Waals surface area contributed by atoms with E-state index in [-0.39, 0.29) is 12.5 Å². The number of nitrogens with two attached hydrogens (primary N) is 1. The van der Waals surface area contributed by atoms with Crippen molar-refractivity contribution in [1.29, 1.82) is 0 Å². The average molecular weight is 456 g/mol. The molecule has 0 bridgehead atoms. The number of benzene rings is 1. The average Bonchev–Trinajstić information content (AvgIpc) is 2.78. The first kappa shape index (κ1) is 17.2. The summed E-state index contributed by atoms with van der Waals surface area (Å²) in [5, 5.41) is 11.3. The highest BCUT2D eigenvalue weighted by Crippen LogP contribution is 2.42. The minimum atomic E-state index is -0.751. The van der Waals surface area contributed by atoms with Gasteiger partial charge in [-0.3, -0.25) is 0 Å². The first-order chi connectivity index (χ1) is 9.97. The minimum Gasteiger partial charge on any atom is -0.496 e. The van der Waals surface area contributed by atoms with Crippen molar-refractivity contribution in [2.75, 3.05) is 13.7 Å². The predicted molar refractivity (Wildman–Crippen MR) is 94.5 cm³/mol. The van der Waals surface area contributed by atoms with Gasteiger partial charge in [0, 0.05) is 28.6 Å². The normalized spacial score (nSPS) is 14.0. The third kappa shape index (κ3) is 3.81. The Morgan fingerprint density at radius 1 is 1.33 bits per heavy atom. The molecule has 0 aliphatic heterocycles. The van der Waals surface area contributed by atoms with Gasteiger partial charge in [0.15, 0.2) is 0 Å². The molecular formula is C14H14Br2ClNO2S. The van der Waals surface area contributed by atoms with Crippen LogP contribution >= 0.6 is 54.8 Å². The van der Waals surface area contributed by atoms with Crippen molar-refractivity contribution in [2.45, 2.75) is 12.0 Å². The molecule has 0 spiro atoms. The smallest absolute Gasteiger partial charge is 0.122 e. The van der Waals surface area contributed by atoms with Crippen LogP contribution in [0.2, 0.25) is 5.02 Å². The Balaban J connectivity index is 2.44. The summed E-state index contributed by atoms with van der Waals surface area (Å²) >= 11 is 14.5. The van der Waals surface area contributed by atoms with Crippen LogP contribution in [0.5, 0.6) is 5.75 Å². The number of methoxy groups -OCH3 is 1. The van der Waals surface area contributed by atoms with E-state index in [2.05, 4.69) is 31.9 Å². The van der Waals surface area contributed by atoms with E-state index in [4.69, 9.17) is 22.1 Å². The Kier molecular flexibility index (Phi) is 6.11. The summed E-state index contributed by atoms with van der Waals surface area (Å²) in [4.78, 5) is 0. The van der Waals surface area contributed by atoms with Crippen molar-refractivity contribution in [3.05, 3.63) is 48.0 Å². The molecule has 0 amide bonds. The first-order valence-electron chi connectivity index (χ1n) is 6.14. The largest absolute Gasteiger partial charge is 0.496 e. The van der Waals surface area contributed by atoms with Crippen LogP contribution in [0.1, 0.15) is 23.1 Å². The van der Waals surface area contributed by atoms with Crippen molar-refractivity contribution in [3.8, 4) is 5.75 Å². The molecule has 7 heteroatoms. The fourth-order valence-corrected chi connectivity index (χ4v) is 5.28. The van der Waals surface area contributed by atoms with E-state index in [0.29, 0.717) is 10.8 Å². The highest BCUT2D eigenvalue weighted by molar-refractivity contribution is 9.12. The number of ether oxygens (including phenoxy) is 1. The van der Waals surface area contributed by atoms with Crippen LogP contribution in [-0.2, 0) is 0 Å². The van der Waals surface area contributed by atoms with Gasteiger partial charge in [-0.05, 0) is 56.1 Å². The first-order valence-corrected chi connectivity index (χ1v) is 8.92. The molecule has 0 fully saturated rings. The third-order valence-corrected chi connectivity index (χ3v) is 5.85. The van der Waals surface area contributed by atoms with Crippen LogP contribution in [0.15, 0.2) is 31.8 Å². The zero-order valence-electron chi connectivity index (χ0n) is 11.1. The fourth-order valence-electron chi connectivity index (χ4n) is 2.19. The molecule has 3 N–H and O–H groups in total. The molecule has 0 saturated carbocycles. The molecule has 1 aromatic carbocycles. The van der Waals surface area contributed by atoms with Gasteiger partial charge in [0.1, 0.15) is 5.75 Å². The number of aliphatic hydroxyl groups excluding tert-OH is 1. The summed E-state index contributed by atoms with van der Waals surface area (Å²) in [7, 11) is 1.59. The molecule has 21 heavy (non-hydrogen) atoms. The van der Waals surface area contributed by atoms with Crippen LogP contribution in [-0.4, -0.2) is 18.8 Å². The lowest BCUT2D eigenvalue weighted by atomic mass is 9.89. The lowest BCUT2D eigenvalue weighted by Crippen LogP contribution is -2.20. The second kappa shape index (κ2) is 7.44. The standard InChI is InChI=1S/C14H14Br2ClNO2S/c1-20-11-3-2-7(17)4-8(11)10(6-18)13(19)9-5-12(15)21-14(9)16/h2-5,10,13,19H,6,18H2,1H3. The lowest BCUT2D eigenvalue weighted by Gasteiger charge is -2.24. The van der Waals surface area contributed by atoms with Gasteiger partial charge in [-0.15, -0.1) is 11.3 Å². The highest BCUT2D eigenvalue weighted by Gasteiger charge is 2.27. The van der Waals surface area contributed by atoms with Gasteiger partial charge in [0.05, 0.1) is 20.8 Å². The van der Waals surface area contributed by atoms with E-state index in [1.54, 1.807) is 25.3 Å². The van der Waals surface area contributed by atoms with Gasteiger partial charge >= 0.3 is 0 Å². The van der Waals surface area contributed by atoms with Crippen LogP contribution in [0.4, 0.5) is 0 Å². The van der Waals surface area contributed by atoms with Crippen molar-refractivity contribution in [1.82, 2.24) is 0 Å². The number of thiophene rings is 1. The molecule has 0 radical (unpaired) electrons. The maximum atomic E-state index is 10.7. The maximum absolute atomic E-state index is 10.7. The van der Waals surface area contributed by atoms with E-state index in [1.807, 2.05) is 6.07 Å². The Bertz CT molecular complexity index is 635. The summed E-state index contributed by atoms with van der Waals surface area (Å²) in [5.41, 5.74) is 7.49. The number of hydrogen-bond acceptors (Lipinski definition) is 4. The Labute approximate surface area is 149 Å². The second-order valence-electron chi connectivity index (χ2n) is 4.45. The summed E-state index contributed by atoms with van der Waals surface area (Å²) in [6.45, 7) is 0.276. The molecule has 2 rings (SSSR count). The molecule has 0 aliphatic rings. The molecule has 0 aliphatic carbocycles. The van der Waals surface area contributed by atoms with E-state index in [1.165, 1.54) is 11.3 Å². The number of halogens is 3. The van der Waals surface area contributed by atoms with Crippen molar-refractivity contribution in [2.24, 2.45) is 5.73 Å². The van der Waals surface area contributed by atoms with E-state index in [0.717, 1.165) is 18.7 Å². The third-order valence-electron chi connectivity index (χ3n) is 3.23.